The smallest absolute Gasteiger partial charge is 0.309 e. The fourth-order valence-electron chi connectivity index (χ4n) is 1.44. The van der Waals surface area contributed by atoms with Gasteiger partial charge in [-0.1, -0.05) is 20.8 Å². The van der Waals surface area contributed by atoms with Crippen LogP contribution in [-0.4, -0.2) is 26.0 Å². The first-order valence-electron chi connectivity index (χ1n) is 5.98. The Balaban J connectivity index is 2.39. The Morgan fingerprint density at radius 3 is 2.19 bits per heavy atom. The second-order valence-electron chi connectivity index (χ2n) is 6.44. The van der Waals surface area contributed by atoms with E-state index in [0.29, 0.717) is 13.0 Å². The number of rotatable bonds is 5. The van der Waals surface area contributed by atoms with E-state index in [2.05, 4.69) is 33.9 Å². The topological polar surface area (TPSA) is 46.5 Å². The molecule has 3 nitrogen and oxygen atoms in total. The van der Waals surface area contributed by atoms with Gasteiger partial charge in [-0.25, -0.2) is 0 Å². The Morgan fingerprint density at radius 1 is 1.38 bits per heavy atom. The third-order valence-electron chi connectivity index (χ3n) is 4.16. The molecule has 1 fully saturated rings. The van der Waals surface area contributed by atoms with Gasteiger partial charge in [0.2, 0.25) is 0 Å². The van der Waals surface area contributed by atoms with Crippen LogP contribution in [0.5, 0.6) is 0 Å². The molecule has 0 aromatic heterocycles. The van der Waals surface area contributed by atoms with E-state index in [1.165, 1.54) is 0 Å². The van der Waals surface area contributed by atoms with Crippen LogP contribution in [0.2, 0.25) is 18.1 Å². The summed E-state index contributed by atoms with van der Waals surface area (Å²) in [7, 11) is -1.70. The van der Waals surface area contributed by atoms with Gasteiger partial charge in [-0.2, -0.15) is 0 Å². The Bertz CT molecular complexity index is 274. The van der Waals surface area contributed by atoms with Crippen molar-refractivity contribution in [2.45, 2.75) is 58.2 Å². The van der Waals surface area contributed by atoms with E-state index >= 15 is 0 Å². The molecule has 0 atom stereocenters. The van der Waals surface area contributed by atoms with Gasteiger partial charge in [-0.05, 0) is 37.4 Å². The first-order valence-corrected chi connectivity index (χ1v) is 8.89. The van der Waals surface area contributed by atoms with Gasteiger partial charge in [0, 0.05) is 6.61 Å². The maximum absolute atomic E-state index is 11.0. The summed E-state index contributed by atoms with van der Waals surface area (Å²) in [5, 5.41) is 9.25. The van der Waals surface area contributed by atoms with Crippen molar-refractivity contribution in [3.05, 3.63) is 0 Å². The maximum atomic E-state index is 11.0. The average Bonchev–Trinajstić information content (AvgIpc) is 2.82. The molecule has 0 spiro atoms. The average molecular weight is 244 g/mol. The van der Waals surface area contributed by atoms with Gasteiger partial charge < -0.3 is 9.53 Å². The second-order valence-corrected chi connectivity index (χ2v) is 11.3. The van der Waals surface area contributed by atoms with Crippen LogP contribution in [0.25, 0.3) is 0 Å². The zero-order chi connectivity index (χ0) is 12.6. The van der Waals surface area contributed by atoms with Crippen LogP contribution in [0, 0.1) is 5.41 Å². The molecule has 0 amide bonds. The highest BCUT2D eigenvalue weighted by Gasteiger charge is 2.50. The minimum Gasteiger partial charge on any atom is -0.481 e. The van der Waals surface area contributed by atoms with Crippen molar-refractivity contribution in [1.82, 2.24) is 0 Å². The number of hydrogen-bond acceptors (Lipinski definition) is 2. The molecule has 0 heterocycles. The lowest BCUT2D eigenvalue weighted by atomic mass is 10.0. The number of carbonyl (C=O) groups is 1. The summed E-state index contributed by atoms with van der Waals surface area (Å²) in [5.41, 5.74) is -0.442. The van der Waals surface area contributed by atoms with E-state index in [1.807, 2.05) is 0 Å². The predicted molar refractivity (Wildman–Crippen MR) is 67.1 cm³/mol. The summed E-state index contributed by atoms with van der Waals surface area (Å²) < 4.78 is 6.00. The SMILES string of the molecule is CC(C)(C)[Si](C)(C)OCCC1(C(=O)O)CC1. The molecule has 0 aromatic rings. The van der Waals surface area contributed by atoms with E-state index in [-0.39, 0.29) is 5.04 Å². The summed E-state index contributed by atoms with van der Waals surface area (Å²) in [4.78, 5) is 11.0. The Hall–Kier alpha value is -0.353. The number of aliphatic carboxylic acids is 1. The lowest BCUT2D eigenvalue weighted by Crippen LogP contribution is -2.41. The van der Waals surface area contributed by atoms with Crippen LogP contribution in [0.15, 0.2) is 0 Å². The van der Waals surface area contributed by atoms with Crippen molar-refractivity contribution in [2.75, 3.05) is 6.61 Å². The molecular formula is C12H24O3Si. The molecule has 0 radical (unpaired) electrons. The molecule has 1 saturated carbocycles. The van der Waals surface area contributed by atoms with E-state index in [4.69, 9.17) is 9.53 Å². The van der Waals surface area contributed by atoms with E-state index in [1.54, 1.807) is 0 Å². The van der Waals surface area contributed by atoms with Gasteiger partial charge in [-0.3, -0.25) is 4.79 Å². The summed E-state index contributed by atoms with van der Waals surface area (Å²) >= 11 is 0. The van der Waals surface area contributed by atoms with Crippen LogP contribution in [0.4, 0.5) is 0 Å². The number of hydrogen-bond donors (Lipinski definition) is 1. The zero-order valence-corrected chi connectivity index (χ0v) is 12.1. The highest BCUT2D eigenvalue weighted by molar-refractivity contribution is 6.74. The quantitative estimate of drug-likeness (QED) is 0.755. The Labute approximate surface area is 99.3 Å². The second kappa shape index (κ2) is 4.15. The first kappa shape index (κ1) is 13.7. The van der Waals surface area contributed by atoms with Crippen molar-refractivity contribution in [1.29, 1.82) is 0 Å². The molecule has 0 saturated heterocycles. The molecule has 0 unspecified atom stereocenters. The minimum absolute atomic E-state index is 0.201. The zero-order valence-electron chi connectivity index (χ0n) is 11.1. The van der Waals surface area contributed by atoms with E-state index in [9.17, 15) is 4.79 Å². The van der Waals surface area contributed by atoms with Crippen LogP contribution in [0.1, 0.15) is 40.0 Å². The molecule has 1 aliphatic rings. The fraction of sp³-hybridized carbons (Fsp3) is 0.917. The molecule has 1 rings (SSSR count). The van der Waals surface area contributed by atoms with Crippen LogP contribution < -0.4 is 0 Å². The maximum Gasteiger partial charge on any atom is 0.309 e. The third kappa shape index (κ3) is 2.86. The largest absolute Gasteiger partial charge is 0.481 e. The van der Waals surface area contributed by atoms with Gasteiger partial charge in [0.05, 0.1) is 5.41 Å². The monoisotopic (exact) mass is 244 g/mol. The summed E-state index contributed by atoms with van der Waals surface area (Å²) in [6, 6.07) is 0. The fourth-order valence-corrected chi connectivity index (χ4v) is 2.49. The van der Waals surface area contributed by atoms with E-state index in [0.717, 1.165) is 12.8 Å². The van der Waals surface area contributed by atoms with Gasteiger partial charge in [-0.15, -0.1) is 0 Å². The van der Waals surface area contributed by atoms with Crippen LogP contribution >= 0.6 is 0 Å². The van der Waals surface area contributed by atoms with Crippen molar-refractivity contribution in [3.8, 4) is 0 Å². The minimum atomic E-state index is -1.70. The highest BCUT2D eigenvalue weighted by atomic mass is 28.4. The summed E-state index contributed by atoms with van der Waals surface area (Å²) in [6.45, 7) is 11.6. The lowest BCUT2D eigenvalue weighted by Gasteiger charge is -2.36. The van der Waals surface area contributed by atoms with Gasteiger partial charge in [0.25, 0.3) is 0 Å². The van der Waals surface area contributed by atoms with Crippen molar-refractivity contribution in [2.24, 2.45) is 5.41 Å². The van der Waals surface area contributed by atoms with Crippen LogP contribution in [0.3, 0.4) is 0 Å². The molecule has 0 aromatic carbocycles. The van der Waals surface area contributed by atoms with Crippen LogP contribution in [-0.2, 0) is 9.22 Å². The standard InChI is InChI=1S/C12H24O3Si/c1-11(2,3)16(4,5)15-9-8-12(6-7-12)10(13)14/h6-9H2,1-5H3,(H,13,14). The normalized spacial score (nSPS) is 19.6. The number of carboxylic acid groups (broad SMARTS) is 1. The van der Waals surface area contributed by atoms with Gasteiger partial charge in [0.15, 0.2) is 8.32 Å². The molecule has 0 bridgehead atoms. The number of carboxylic acids is 1. The van der Waals surface area contributed by atoms with Crippen molar-refractivity contribution >= 4 is 14.3 Å². The van der Waals surface area contributed by atoms with E-state index < -0.39 is 19.7 Å². The first-order chi connectivity index (χ1) is 7.11. The van der Waals surface area contributed by atoms with Crippen molar-refractivity contribution in [3.63, 3.8) is 0 Å². The lowest BCUT2D eigenvalue weighted by molar-refractivity contribution is -0.143. The Morgan fingerprint density at radius 2 is 1.88 bits per heavy atom. The molecule has 94 valence electrons. The predicted octanol–water partition coefficient (Wildman–Crippen LogP) is 3.26. The van der Waals surface area contributed by atoms with Gasteiger partial charge >= 0.3 is 5.97 Å². The molecule has 4 heteroatoms. The Kier molecular flexibility index (Phi) is 3.55. The molecular weight excluding hydrogens is 220 g/mol. The van der Waals surface area contributed by atoms with Crippen molar-refractivity contribution < 1.29 is 14.3 Å². The third-order valence-corrected chi connectivity index (χ3v) is 8.70. The summed E-state index contributed by atoms with van der Waals surface area (Å²) in [6.07, 6.45) is 2.32. The molecule has 1 aliphatic carbocycles. The molecule has 1 N–H and O–H groups in total. The van der Waals surface area contributed by atoms with Gasteiger partial charge in [0.1, 0.15) is 0 Å². The molecule has 0 aliphatic heterocycles. The summed E-state index contributed by atoms with van der Waals surface area (Å²) in [5.74, 6) is -0.647. The molecule has 16 heavy (non-hydrogen) atoms. The highest BCUT2D eigenvalue weighted by Crippen LogP contribution is 2.49.